The van der Waals surface area contributed by atoms with E-state index in [1.807, 2.05) is 6.07 Å². The molecule has 0 saturated heterocycles. The van der Waals surface area contributed by atoms with E-state index in [0.29, 0.717) is 12.2 Å². The molecule has 1 aromatic heterocycles. The molecule has 0 aliphatic rings. The lowest BCUT2D eigenvalue weighted by atomic mass is 10.0. The number of carbonyl (C=O) groups is 1. The maximum atomic E-state index is 12.1. The molecule has 0 atom stereocenters. The number of hydrogen-bond acceptors (Lipinski definition) is 4. The second-order valence-electron chi connectivity index (χ2n) is 5.10. The largest absolute Gasteiger partial charge is 0.462 e. The van der Waals surface area contributed by atoms with Crippen LogP contribution in [0.15, 0.2) is 18.3 Å². The zero-order chi connectivity index (χ0) is 15.4. The van der Waals surface area contributed by atoms with Crippen molar-refractivity contribution in [3.8, 4) is 0 Å². The molecule has 4 nitrogen and oxygen atoms in total. The highest BCUT2D eigenvalue weighted by Crippen LogP contribution is 2.29. The van der Waals surface area contributed by atoms with Crippen molar-refractivity contribution in [2.75, 3.05) is 18.5 Å². The van der Waals surface area contributed by atoms with Gasteiger partial charge in [-0.25, -0.2) is 4.79 Å². The molecule has 1 aromatic carbocycles. The Kier molecular flexibility index (Phi) is 4.78. The van der Waals surface area contributed by atoms with Crippen molar-refractivity contribution in [3.05, 3.63) is 35.0 Å². The first kappa shape index (κ1) is 15.3. The van der Waals surface area contributed by atoms with Crippen LogP contribution in [0, 0.1) is 13.8 Å². The second kappa shape index (κ2) is 6.57. The Morgan fingerprint density at radius 3 is 2.71 bits per heavy atom. The van der Waals surface area contributed by atoms with E-state index in [9.17, 15) is 4.79 Å². The molecule has 1 N–H and O–H groups in total. The Morgan fingerprint density at radius 2 is 2.05 bits per heavy atom. The van der Waals surface area contributed by atoms with Gasteiger partial charge in [0.05, 0.1) is 17.8 Å². The predicted molar refractivity (Wildman–Crippen MR) is 86.0 cm³/mol. The summed E-state index contributed by atoms with van der Waals surface area (Å²) in [4.78, 5) is 16.6. The molecule has 2 aromatic rings. The van der Waals surface area contributed by atoms with Gasteiger partial charge in [0.1, 0.15) is 5.56 Å². The third-order valence-corrected chi connectivity index (χ3v) is 3.61. The molecule has 21 heavy (non-hydrogen) atoms. The summed E-state index contributed by atoms with van der Waals surface area (Å²) in [5.74, 6) is -0.330. The fraction of sp³-hybridized carbons (Fsp3) is 0.412. The lowest BCUT2D eigenvalue weighted by Crippen LogP contribution is -2.12. The van der Waals surface area contributed by atoms with Crippen LogP contribution < -0.4 is 5.32 Å². The summed E-state index contributed by atoms with van der Waals surface area (Å²) in [6.07, 6.45) is 2.60. The molecule has 0 aliphatic carbocycles. The van der Waals surface area contributed by atoms with Crippen molar-refractivity contribution >= 4 is 22.6 Å². The van der Waals surface area contributed by atoms with Crippen LogP contribution in [0.2, 0.25) is 0 Å². The van der Waals surface area contributed by atoms with Crippen molar-refractivity contribution in [2.24, 2.45) is 0 Å². The van der Waals surface area contributed by atoms with Crippen LogP contribution in [0.1, 0.15) is 41.8 Å². The normalized spacial score (nSPS) is 10.7. The van der Waals surface area contributed by atoms with Crippen LogP contribution in [-0.2, 0) is 4.74 Å². The van der Waals surface area contributed by atoms with Gasteiger partial charge in [-0.2, -0.15) is 0 Å². The Hall–Kier alpha value is -2.10. The van der Waals surface area contributed by atoms with E-state index in [2.05, 4.69) is 37.1 Å². The number of aryl methyl sites for hydroxylation is 2. The minimum atomic E-state index is -0.330. The first-order valence-electron chi connectivity index (χ1n) is 7.40. The third-order valence-electron chi connectivity index (χ3n) is 3.61. The summed E-state index contributed by atoms with van der Waals surface area (Å²) in [5.41, 5.74) is 4.59. The van der Waals surface area contributed by atoms with E-state index in [4.69, 9.17) is 4.74 Å². The van der Waals surface area contributed by atoms with Gasteiger partial charge in [-0.3, -0.25) is 4.98 Å². The lowest BCUT2D eigenvalue weighted by Gasteiger charge is -2.15. The zero-order valence-electron chi connectivity index (χ0n) is 13.1. The van der Waals surface area contributed by atoms with Crippen molar-refractivity contribution in [2.45, 2.75) is 34.1 Å². The second-order valence-corrected chi connectivity index (χ2v) is 5.10. The Labute approximate surface area is 125 Å². The van der Waals surface area contributed by atoms with Gasteiger partial charge in [-0.05, 0) is 38.3 Å². The number of esters is 1. The topological polar surface area (TPSA) is 51.2 Å². The molecular formula is C17H22N2O2. The monoisotopic (exact) mass is 286 g/mol. The van der Waals surface area contributed by atoms with Gasteiger partial charge in [0.15, 0.2) is 0 Å². The number of rotatable bonds is 5. The van der Waals surface area contributed by atoms with Gasteiger partial charge in [0, 0.05) is 18.1 Å². The number of nitrogens with zero attached hydrogens (tertiary/aromatic N) is 1. The highest BCUT2D eigenvalue weighted by molar-refractivity contribution is 6.05. The van der Waals surface area contributed by atoms with Crippen LogP contribution in [0.5, 0.6) is 0 Å². The summed E-state index contributed by atoms with van der Waals surface area (Å²) >= 11 is 0. The molecule has 0 bridgehead atoms. The summed E-state index contributed by atoms with van der Waals surface area (Å²) in [6.45, 7) is 9.18. The molecule has 1 heterocycles. The number of nitrogens with one attached hydrogen (secondary N) is 1. The van der Waals surface area contributed by atoms with Crippen LogP contribution in [0.25, 0.3) is 10.9 Å². The summed E-state index contributed by atoms with van der Waals surface area (Å²) in [6, 6.07) is 4.08. The Balaban J connectivity index is 2.64. The maximum absolute atomic E-state index is 12.1. The average molecular weight is 286 g/mol. The molecule has 0 spiro atoms. The third kappa shape index (κ3) is 2.99. The number of pyridine rings is 1. The van der Waals surface area contributed by atoms with Crippen molar-refractivity contribution in [1.82, 2.24) is 4.98 Å². The van der Waals surface area contributed by atoms with E-state index in [1.54, 1.807) is 13.1 Å². The molecule has 0 amide bonds. The zero-order valence-corrected chi connectivity index (χ0v) is 13.1. The average Bonchev–Trinajstić information content (AvgIpc) is 2.48. The Morgan fingerprint density at radius 1 is 1.29 bits per heavy atom. The Bertz CT molecular complexity index is 665. The fourth-order valence-electron chi connectivity index (χ4n) is 2.31. The molecule has 0 radical (unpaired) electrons. The quantitative estimate of drug-likeness (QED) is 0.848. The van der Waals surface area contributed by atoms with Gasteiger partial charge in [0.25, 0.3) is 0 Å². The minimum Gasteiger partial charge on any atom is -0.462 e. The van der Waals surface area contributed by atoms with Crippen molar-refractivity contribution in [3.63, 3.8) is 0 Å². The standard InChI is InChI=1S/C17H22N2O2/c1-5-9-18-16-13-8-7-11(3)12(4)15(13)19-10-14(16)17(20)21-6-2/h7-8,10H,5-6,9H2,1-4H3,(H,18,19). The number of aromatic nitrogens is 1. The molecule has 0 fully saturated rings. The maximum Gasteiger partial charge on any atom is 0.341 e. The summed E-state index contributed by atoms with van der Waals surface area (Å²) in [5, 5.41) is 4.32. The van der Waals surface area contributed by atoms with Crippen molar-refractivity contribution < 1.29 is 9.53 Å². The van der Waals surface area contributed by atoms with Crippen molar-refractivity contribution in [1.29, 1.82) is 0 Å². The molecular weight excluding hydrogens is 264 g/mol. The molecule has 112 valence electrons. The van der Waals surface area contributed by atoms with E-state index in [0.717, 1.165) is 35.1 Å². The van der Waals surface area contributed by atoms with E-state index < -0.39 is 0 Å². The summed E-state index contributed by atoms with van der Waals surface area (Å²) in [7, 11) is 0. The van der Waals surface area contributed by atoms with Gasteiger partial charge >= 0.3 is 5.97 Å². The molecule has 0 aliphatic heterocycles. The molecule has 0 saturated carbocycles. The smallest absolute Gasteiger partial charge is 0.341 e. The number of carbonyl (C=O) groups excluding carboxylic acids is 1. The highest BCUT2D eigenvalue weighted by Gasteiger charge is 2.17. The van der Waals surface area contributed by atoms with Crippen LogP contribution >= 0.6 is 0 Å². The fourth-order valence-corrected chi connectivity index (χ4v) is 2.31. The van der Waals surface area contributed by atoms with Gasteiger partial charge < -0.3 is 10.1 Å². The van der Waals surface area contributed by atoms with Crippen LogP contribution in [0.4, 0.5) is 5.69 Å². The number of anilines is 1. The number of hydrogen-bond donors (Lipinski definition) is 1. The van der Waals surface area contributed by atoms with Crippen LogP contribution in [-0.4, -0.2) is 24.1 Å². The molecule has 4 heteroatoms. The molecule has 2 rings (SSSR count). The number of ether oxygens (including phenoxy) is 1. The predicted octanol–water partition coefficient (Wildman–Crippen LogP) is 3.85. The number of benzene rings is 1. The van der Waals surface area contributed by atoms with E-state index in [1.165, 1.54) is 5.56 Å². The first-order chi connectivity index (χ1) is 10.1. The van der Waals surface area contributed by atoms with Gasteiger partial charge in [-0.15, -0.1) is 0 Å². The number of fused-ring (bicyclic) bond motifs is 1. The summed E-state index contributed by atoms with van der Waals surface area (Å²) < 4.78 is 5.13. The van der Waals surface area contributed by atoms with E-state index in [-0.39, 0.29) is 5.97 Å². The highest BCUT2D eigenvalue weighted by atomic mass is 16.5. The minimum absolute atomic E-state index is 0.330. The van der Waals surface area contributed by atoms with Crippen LogP contribution in [0.3, 0.4) is 0 Å². The van der Waals surface area contributed by atoms with Gasteiger partial charge in [0.2, 0.25) is 0 Å². The lowest BCUT2D eigenvalue weighted by molar-refractivity contribution is 0.0527. The SMILES string of the molecule is CCCNc1c(C(=O)OCC)cnc2c(C)c(C)ccc12. The van der Waals surface area contributed by atoms with Gasteiger partial charge in [-0.1, -0.05) is 19.1 Å². The molecule has 0 unspecified atom stereocenters. The van der Waals surface area contributed by atoms with E-state index >= 15 is 0 Å². The first-order valence-corrected chi connectivity index (χ1v) is 7.40.